The summed E-state index contributed by atoms with van der Waals surface area (Å²) in [5.41, 5.74) is 0. The molecule has 0 spiro atoms. The van der Waals surface area contributed by atoms with Gasteiger partial charge in [0, 0.05) is 6.42 Å². The van der Waals surface area contributed by atoms with Crippen molar-refractivity contribution in [1.82, 2.24) is 5.32 Å². The van der Waals surface area contributed by atoms with Gasteiger partial charge in [-0.05, 0) is 57.8 Å². The van der Waals surface area contributed by atoms with Crippen molar-refractivity contribution in [3.8, 4) is 0 Å². The van der Waals surface area contributed by atoms with Gasteiger partial charge in [-0.1, -0.05) is 210 Å². The van der Waals surface area contributed by atoms with Crippen molar-refractivity contribution >= 4 is 13.7 Å². The van der Waals surface area contributed by atoms with Gasteiger partial charge in [-0.2, -0.15) is 0 Å². The monoisotopic (exact) mass is 879 g/mol. The van der Waals surface area contributed by atoms with Crippen molar-refractivity contribution in [3.63, 3.8) is 0 Å². The van der Waals surface area contributed by atoms with Gasteiger partial charge < -0.3 is 28.8 Å². The second-order valence-corrected chi connectivity index (χ2v) is 20.0. The van der Waals surface area contributed by atoms with Crippen molar-refractivity contribution in [2.24, 2.45) is 0 Å². The van der Waals surface area contributed by atoms with Crippen LogP contribution in [0.25, 0.3) is 0 Å². The van der Waals surface area contributed by atoms with Gasteiger partial charge in [-0.25, -0.2) is 0 Å². The third-order valence-corrected chi connectivity index (χ3v) is 12.3. The molecule has 0 radical (unpaired) electrons. The molecule has 0 aromatic rings. The predicted molar refractivity (Wildman–Crippen MR) is 261 cm³/mol. The highest BCUT2D eigenvalue weighted by atomic mass is 31.2. The molecule has 0 fully saturated rings. The van der Waals surface area contributed by atoms with Crippen LogP contribution in [0.2, 0.25) is 0 Å². The van der Waals surface area contributed by atoms with Crippen molar-refractivity contribution in [1.29, 1.82) is 0 Å². The van der Waals surface area contributed by atoms with Gasteiger partial charge in [-0.15, -0.1) is 0 Å². The maximum atomic E-state index is 12.9. The highest BCUT2D eigenvalue weighted by Crippen LogP contribution is 2.38. The number of hydrogen-bond donors (Lipinski definition) is 2. The summed E-state index contributed by atoms with van der Waals surface area (Å²) in [6.45, 7) is 4.60. The molecule has 0 heterocycles. The molecule has 61 heavy (non-hydrogen) atoms. The van der Waals surface area contributed by atoms with Crippen LogP contribution in [0.4, 0.5) is 0 Å². The molecule has 8 nitrogen and oxygen atoms in total. The van der Waals surface area contributed by atoms with E-state index in [1.165, 1.54) is 148 Å². The molecular formula is C52H99N2O6P. The average molecular weight is 879 g/mol. The van der Waals surface area contributed by atoms with Gasteiger partial charge in [0.1, 0.15) is 13.2 Å². The number of phosphoric acid groups is 1. The fourth-order valence-corrected chi connectivity index (χ4v) is 7.94. The smallest absolute Gasteiger partial charge is 0.268 e. The molecule has 0 aromatic heterocycles. The largest absolute Gasteiger partial charge is 0.756 e. The predicted octanol–water partition coefficient (Wildman–Crippen LogP) is 14.2. The van der Waals surface area contributed by atoms with E-state index in [0.29, 0.717) is 17.4 Å². The number of carbonyl (C=O) groups is 1. The summed E-state index contributed by atoms with van der Waals surface area (Å²) < 4.78 is 23.2. The number of phosphoric ester groups is 1. The number of likely N-dealkylation sites (N-methyl/N-ethyl adjacent to an activating group) is 1. The Morgan fingerprint density at radius 2 is 0.967 bits per heavy atom. The summed E-state index contributed by atoms with van der Waals surface area (Å²) in [4.78, 5) is 25.4. The van der Waals surface area contributed by atoms with E-state index in [1.807, 2.05) is 27.2 Å². The number of rotatable bonds is 46. The summed E-state index contributed by atoms with van der Waals surface area (Å²) in [6.07, 6.45) is 56.0. The van der Waals surface area contributed by atoms with E-state index in [1.54, 1.807) is 6.08 Å². The quantitative estimate of drug-likeness (QED) is 0.0207. The summed E-state index contributed by atoms with van der Waals surface area (Å²) >= 11 is 0. The first kappa shape index (κ1) is 59.5. The number of unbranched alkanes of at least 4 members (excludes halogenated alkanes) is 28. The molecule has 0 rings (SSSR count). The van der Waals surface area contributed by atoms with E-state index in [-0.39, 0.29) is 12.5 Å². The van der Waals surface area contributed by atoms with Gasteiger partial charge in [0.05, 0.1) is 39.9 Å². The number of nitrogens with one attached hydrogen (secondary N) is 1. The second kappa shape index (κ2) is 43.7. The molecule has 0 aromatic carbocycles. The van der Waals surface area contributed by atoms with Gasteiger partial charge in [-0.3, -0.25) is 9.36 Å². The third kappa shape index (κ3) is 46.3. The average Bonchev–Trinajstić information content (AvgIpc) is 3.21. The van der Waals surface area contributed by atoms with Crippen LogP contribution < -0.4 is 10.2 Å². The van der Waals surface area contributed by atoms with Crippen molar-refractivity contribution in [3.05, 3.63) is 48.6 Å². The number of aliphatic hydroxyl groups is 1. The number of carbonyl (C=O) groups excluding carboxylic acids is 1. The third-order valence-electron chi connectivity index (χ3n) is 11.3. The maximum absolute atomic E-state index is 12.9. The lowest BCUT2D eigenvalue weighted by atomic mass is 10.0. The van der Waals surface area contributed by atoms with E-state index in [4.69, 9.17) is 9.05 Å². The van der Waals surface area contributed by atoms with Crippen LogP contribution in [0.3, 0.4) is 0 Å². The molecule has 0 aliphatic heterocycles. The Bertz CT molecular complexity index is 1130. The first-order valence-corrected chi connectivity index (χ1v) is 27.0. The number of nitrogens with zero attached hydrogens (tertiary/aromatic N) is 1. The molecule has 3 atom stereocenters. The Morgan fingerprint density at radius 1 is 0.574 bits per heavy atom. The van der Waals surface area contributed by atoms with E-state index < -0.39 is 26.6 Å². The fraction of sp³-hybridized carbons (Fsp3) is 0.827. The van der Waals surface area contributed by atoms with Crippen LogP contribution in [0.15, 0.2) is 48.6 Å². The lowest BCUT2D eigenvalue weighted by Crippen LogP contribution is -2.45. The van der Waals surface area contributed by atoms with Gasteiger partial charge in [0.15, 0.2) is 0 Å². The van der Waals surface area contributed by atoms with Crippen LogP contribution in [0.5, 0.6) is 0 Å². The molecule has 0 aliphatic carbocycles. The van der Waals surface area contributed by atoms with Gasteiger partial charge >= 0.3 is 0 Å². The summed E-state index contributed by atoms with van der Waals surface area (Å²) in [5, 5.41) is 13.8. The zero-order chi connectivity index (χ0) is 45.0. The Kier molecular flexibility index (Phi) is 42.6. The molecule has 0 bridgehead atoms. The number of amides is 1. The van der Waals surface area contributed by atoms with E-state index in [2.05, 4.69) is 55.6 Å². The number of quaternary nitrogens is 1. The molecule has 0 saturated heterocycles. The topological polar surface area (TPSA) is 108 Å². The minimum absolute atomic E-state index is 0.00987. The first-order chi connectivity index (χ1) is 29.5. The zero-order valence-corrected chi connectivity index (χ0v) is 41.5. The summed E-state index contributed by atoms with van der Waals surface area (Å²) in [5.74, 6) is -0.219. The van der Waals surface area contributed by atoms with E-state index >= 15 is 0 Å². The zero-order valence-electron chi connectivity index (χ0n) is 40.6. The second-order valence-electron chi connectivity index (χ2n) is 18.5. The van der Waals surface area contributed by atoms with Crippen LogP contribution in [-0.4, -0.2) is 68.5 Å². The molecule has 358 valence electrons. The van der Waals surface area contributed by atoms with Crippen LogP contribution in [0, 0.1) is 0 Å². The number of allylic oxidation sites excluding steroid dienone is 7. The highest BCUT2D eigenvalue weighted by molar-refractivity contribution is 7.45. The lowest BCUT2D eigenvalue weighted by Gasteiger charge is -2.29. The summed E-state index contributed by atoms with van der Waals surface area (Å²) in [7, 11) is 1.23. The lowest BCUT2D eigenvalue weighted by molar-refractivity contribution is -0.870. The number of aliphatic hydroxyl groups excluding tert-OH is 1. The Labute approximate surface area is 378 Å². The molecule has 0 aliphatic rings. The van der Waals surface area contributed by atoms with Crippen molar-refractivity contribution in [2.45, 2.75) is 238 Å². The standard InChI is InChI=1S/C52H99N2O6P/c1-6-8-10-12-14-16-18-20-22-23-24-25-26-27-28-29-30-32-33-35-37-39-41-43-45-51(55)50(49-60-61(57,58)59-48-47-54(3,4)5)53-52(56)46-44-42-40-38-36-34-31-21-19-17-15-13-11-9-7-2/h15,17,19,21,35,37,43,45,50-51,55H,6-14,16,18,20,22-34,36,38-42,44,46-49H2,1-5H3,(H-,53,56,57,58)/b17-15-,21-19-,37-35+,45-43+. The molecule has 0 saturated carbocycles. The van der Waals surface area contributed by atoms with Crippen molar-refractivity contribution in [2.75, 3.05) is 40.9 Å². The van der Waals surface area contributed by atoms with Crippen molar-refractivity contribution < 1.29 is 32.9 Å². The van der Waals surface area contributed by atoms with Crippen LogP contribution in [-0.2, 0) is 18.4 Å². The maximum Gasteiger partial charge on any atom is 0.268 e. The molecule has 1 amide bonds. The Hall–Kier alpha value is -1.54. The Morgan fingerprint density at radius 3 is 1.46 bits per heavy atom. The normalized spacial score (nSPS) is 14.5. The first-order valence-electron chi connectivity index (χ1n) is 25.5. The molecule has 3 unspecified atom stereocenters. The van der Waals surface area contributed by atoms with E-state index in [0.717, 1.165) is 57.8 Å². The van der Waals surface area contributed by atoms with Crippen LogP contribution in [0.1, 0.15) is 226 Å². The van der Waals surface area contributed by atoms with Gasteiger partial charge in [0.25, 0.3) is 7.82 Å². The van der Waals surface area contributed by atoms with Crippen LogP contribution >= 0.6 is 7.82 Å². The summed E-state index contributed by atoms with van der Waals surface area (Å²) in [6, 6.07) is -0.910. The molecule has 2 N–H and O–H groups in total. The van der Waals surface area contributed by atoms with E-state index in [9.17, 15) is 19.4 Å². The minimum Gasteiger partial charge on any atom is -0.756 e. The fourth-order valence-electron chi connectivity index (χ4n) is 7.22. The van der Waals surface area contributed by atoms with Gasteiger partial charge in [0.2, 0.25) is 5.91 Å². The highest BCUT2D eigenvalue weighted by Gasteiger charge is 2.23. The molecule has 9 heteroatoms. The Balaban J connectivity index is 4.34. The SMILES string of the molecule is CCCCC/C=C\C=C/CCCCCCCCC(=O)NC(COP(=O)([O-])OCC[N+](C)(C)C)C(O)/C=C/CC/C=C/CCCCCCCCCCCCCCCCCCCC. The molecular weight excluding hydrogens is 780 g/mol. The minimum atomic E-state index is -4.60. The number of hydrogen-bond acceptors (Lipinski definition) is 6.